The topological polar surface area (TPSA) is 258 Å². The second kappa shape index (κ2) is 23.2. The highest BCUT2D eigenvalue weighted by Gasteiger charge is 2.57. The predicted octanol–water partition coefficient (Wildman–Crippen LogP) is 8.98. The zero-order valence-electron chi connectivity index (χ0n) is 42.8. The van der Waals surface area contributed by atoms with E-state index < -0.39 is 183 Å². The summed E-state index contributed by atoms with van der Waals surface area (Å²) in [5.41, 5.74) is -5.01. The number of alkyl carbamates (subject to hydrolysis) is 1. The monoisotopic (exact) mass is 1230 g/mol. The van der Waals surface area contributed by atoms with Crippen LogP contribution in [-0.2, 0) is 81.3 Å². The molecule has 19 nitrogen and oxygen atoms in total. The number of carbonyl (C=O) groups is 3. The van der Waals surface area contributed by atoms with Crippen molar-refractivity contribution in [3.8, 4) is 11.1 Å². The first kappa shape index (κ1) is 63.3. The molecule has 0 aliphatic heterocycles. The number of ether oxygens (including phenoxy) is 1. The molecule has 1 aliphatic rings. The molecule has 0 saturated heterocycles. The number of fused-ring (bicyclic) bond motifs is 2. The maximum absolute atomic E-state index is 15.9. The molecule has 0 radical (unpaired) electrons. The van der Waals surface area contributed by atoms with Gasteiger partial charge in [0.05, 0.1) is 33.0 Å². The third-order valence-corrected chi connectivity index (χ3v) is 17.3. The summed E-state index contributed by atoms with van der Waals surface area (Å²) in [5, 5.41) is 10.9. The number of nitrogens with one attached hydrogen (secondary N) is 2. The molecule has 6 rings (SSSR count). The van der Waals surface area contributed by atoms with Gasteiger partial charge in [0.15, 0.2) is 21.3 Å². The Morgan fingerprint density at radius 1 is 0.912 bits per heavy atom. The number of rotatable bonds is 21. The first-order valence-electron chi connectivity index (χ1n) is 23.6. The maximum Gasteiger partial charge on any atom is 0.472 e. The van der Waals surface area contributed by atoms with Gasteiger partial charge in [0.1, 0.15) is 30.4 Å². The molecule has 4 N–H and O–H groups in total. The fraction of sp³-hybridized carbons (Fsp3) is 0.468. The van der Waals surface area contributed by atoms with E-state index in [-0.39, 0.29) is 54.3 Å². The fourth-order valence-corrected chi connectivity index (χ4v) is 10.8. The van der Waals surface area contributed by atoms with Gasteiger partial charge >= 0.3 is 26.3 Å². The van der Waals surface area contributed by atoms with Crippen molar-refractivity contribution < 1.29 is 98.7 Å². The molecular formula is C47H51ClF10N7O12PS2. The number of anilines is 1. The van der Waals surface area contributed by atoms with Gasteiger partial charge < -0.3 is 25.2 Å². The van der Waals surface area contributed by atoms with Gasteiger partial charge in [-0.25, -0.2) is 39.5 Å². The van der Waals surface area contributed by atoms with Crippen LogP contribution in [0.3, 0.4) is 0 Å². The molecule has 2 heterocycles. The number of alkyl halides is 8. The Kier molecular flexibility index (Phi) is 18.4. The summed E-state index contributed by atoms with van der Waals surface area (Å²) in [6.07, 6.45) is -12.3. The molecule has 3 amide bonds. The van der Waals surface area contributed by atoms with Gasteiger partial charge in [-0.15, -0.1) is 0 Å². The minimum Gasteiger partial charge on any atom is -0.422 e. The van der Waals surface area contributed by atoms with E-state index in [1.54, 1.807) is 0 Å². The van der Waals surface area contributed by atoms with Crippen LogP contribution in [0.1, 0.15) is 92.6 Å². The van der Waals surface area contributed by atoms with Crippen molar-refractivity contribution in [2.75, 3.05) is 30.2 Å². The SMILES string of the molecule is C[C@@H]1c2c(C(F)(F)F)nn(CC(=O)N[C@@H](Cc3cc(F)cc(F)c3)c3cc(CCC(C)(C)S(C)(=O)=O)ccc3-c3ccc(Cl)c4c(N(C(=O)CCCNC(=O)OCOP(=O)(O)O)S(C)(=O)=O)nn(CC(F)(F)F)c34)c2C(F)(F)[C@@H]1C. The number of phosphoric ester groups is 1. The van der Waals surface area contributed by atoms with Gasteiger partial charge in [-0.3, -0.25) is 19.0 Å². The van der Waals surface area contributed by atoms with Crippen molar-refractivity contribution in [3.63, 3.8) is 0 Å². The molecule has 0 saturated carbocycles. The number of benzene rings is 3. The van der Waals surface area contributed by atoms with E-state index in [1.165, 1.54) is 32.0 Å². The third-order valence-electron chi connectivity index (χ3n) is 13.3. The molecule has 80 heavy (non-hydrogen) atoms. The van der Waals surface area contributed by atoms with Crippen LogP contribution in [0.15, 0.2) is 48.5 Å². The van der Waals surface area contributed by atoms with E-state index >= 15 is 8.78 Å². The number of phosphoric acid groups is 1. The van der Waals surface area contributed by atoms with Crippen LogP contribution in [0.5, 0.6) is 0 Å². The quantitative estimate of drug-likeness (QED) is 0.0231. The van der Waals surface area contributed by atoms with Crippen molar-refractivity contribution in [2.45, 2.75) is 108 Å². The molecule has 3 aromatic carbocycles. The number of aryl methyl sites for hydroxylation is 1. The third kappa shape index (κ3) is 14.6. The number of aromatic nitrogens is 4. The highest BCUT2D eigenvalue weighted by Crippen LogP contribution is 2.55. The Hall–Kier alpha value is -5.85. The minimum atomic E-state index is -5.27. The second-order valence-electron chi connectivity index (χ2n) is 19.6. The molecule has 0 fully saturated rings. The van der Waals surface area contributed by atoms with Gasteiger partial charge in [-0.2, -0.15) is 49.6 Å². The zero-order valence-corrected chi connectivity index (χ0v) is 46.1. The minimum absolute atomic E-state index is 0.0420. The Morgan fingerprint density at radius 2 is 1.54 bits per heavy atom. The van der Waals surface area contributed by atoms with Crippen LogP contribution in [-0.4, -0.2) is 101 Å². The molecule has 0 unspecified atom stereocenters. The van der Waals surface area contributed by atoms with E-state index in [0.29, 0.717) is 12.3 Å². The number of hydrogen-bond donors (Lipinski definition) is 4. The average Bonchev–Trinajstić information content (AvgIpc) is 4.06. The standard InChI is InChI=1S/C47H51ClF10N7O12PS2/c1-24-25(2)46(54,55)41-37(24)40(47(56,57)58)61-63(41)21-35(66)60-34(19-27-16-28(49)20-29(50)17-27)32-18-26(13-14-44(3,4)79(5,72)73)9-10-30(32)31-11-12-33(48)38-39(31)64(22-45(51,52)53)62-42(38)65(80(6,74)75)36(67)8-7-15-59-43(68)76-23-77-78(69,70)71/h9-12,16-18,20,24-25,34H,7-8,13-15,19,21-23H2,1-6H3,(H,59,68)(H,60,66)(H2,69,70,71)/t24-,25+,34-/m0/s1. The number of sulfonamides is 1. The van der Waals surface area contributed by atoms with E-state index in [9.17, 15) is 70.9 Å². The lowest BCUT2D eigenvalue weighted by molar-refractivity contribution is -0.143. The van der Waals surface area contributed by atoms with E-state index in [1.807, 2.05) is 0 Å². The van der Waals surface area contributed by atoms with Crippen molar-refractivity contribution >= 4 is 73.9 Å². The number of carbonyl (C=O) groups excluding carboxylic acids is 3. The van der Waals surface area contributed by atoms with Gasteiger partial charge in [0.25, 0.3) is 5.92 Å². The second-order valence-corrected chi connectivity index (χ2v) is 25.7. The summed E-state index contributed by atoms with van der Waals surface area (Å²) in [7, 11) is -13.7. The average molecular weight is 1230 g/mol. The van der Waals surface area contributed by atoms with Crippen LogP contribution in [0.25, 0.3) is 22.0 Å². The smallest absolute Gasteiger partial charge is 0.422 e. The van der Waals surface area contributed by atoms with Crippen molar-refractivity contribution in [2.24, 2.45) is 5.92 Å². The highest BCUT2D eigenvalue weighted by molar-refractivity contribution is 7.93. The molecule has 0 bridgehead atoms. The molecule has 3 atom stereocenters. The Morgan fingerprint density at radius 3 is 2.11 bits per heavy atom. The zero-order chi connectivity index (χ0) is 60.0. The molecular weight excluding hydrogens is 1180 g/mol. The van der Waals surface area contributed by atoms with Crippen LogP contribution < -0.4 is 14.9 Å². The number of hydrogen-bond acceptors (Lipinski definition) is 12. The summed E-state index contributed by atoms with van der Waals surface area (Å²) in [6.45, 7) is -0.0193. The molecule has 33 heteroatoms. The van der Waals surface area contributed by atoms with Gasteiger partial charge in [-0.05, 0) is 85.9 Å². The van der Waals surface area contributed by atoms with Crippen LogP contribution in [0, 0.1) is 17.6 Å². The Labute approximate surface area is 455 Å². The summed E-state index contributed by atoms with van der Waals surface area (Å²) < 4.78 is 220. The normalized spacial score (nSPS) is 16.4. The van der Waals surface area contributed by atoms with Crippen molar-refractivity contribution in [1.29, 1.82) is 0 Å². The molecule has 440 valence electrons. The lowest BCUT2D eigenvalue weighted by atomic mass is 9.87. The van der Waals surface area contributed by atoms with Crippen LogP contribution >= 0.6 is 19.4 Å². The highest BCUT2D eigenvalue weighted by atomic mass is 35.5. The maximum atomic E-state index is 15.9. The van der Waals surface area contributed by atoms with Gasteiger partial charge in [0, 0.05) is 42.3 Å². The number of sulfone groups is 1. The summed E-state index contributed by atoms with van der Waals surface area (Å²) in [6, 6.07) is 6.65. The Bertz CT molecular complexity index is 3480. The Balaban J connectivity index is 1.55. The number of amides is 3. The largest absolute Gasteiger partial charge is 0.472 e. The van der Waals surface area contributed by atoms with Crippen LogP contribution in [0.4, 0.5) is 54.5 Å². The molecule has 1 aliphatic carbocycles. The van der Waals surface area contributed by atoms with E-state index in [2.05, 4.69) is 30.1 Å². The molecule has 0 spiro atoms. The van der Waals surface area contributed by atoms with Crippen molar-refractivity contribution in [3.05, 3.63) is 98.8 Å². The summed E-state index contributed by atoms with van der Waals surface area (Å²) in [5.74, 6) is -13.0. The first-order valence-corrected chi connectivity index (χ1v) is 29.3. The summed E-state index contributed by atoms with van der Waals surface area (Å²) in [4.78, 5) is 57.7. The van der Waals surface area contributed by atoms with Crippen LogP contribution in [0.2, 0.25) is 5.02 Å². The van der Waals surface area contributed by atoms with Gasteiger partial charge in [-0.1, -0.05) is 49.7 Å². The van der Waals surface area contributed by atoms with Crippen molar-refractivity contribution in [1.82, 2.24) is 30.2 Å². The summed E-state index contributed by atoms with van der Waals surface area (Å²) >= 11 is 6.68. The molecule has 5 aromatic rings. The van der Waals surface area contributed by atoms with E-state index in [0.717, 1.165) is 44.4 Å². The van der Waals surface area contributed by atoms with Gasteiger partial charge in [0.2, 0.25) is 28.6 Å². The number of halogens is 11. The molecule has 2 aromatic heterocycles. The predicted molar refractivity (Wildman–Crippen MR) is 267 cm³/mol. The van der Waals surface area contributed by atoms with E-state index in [4.69, 9.17) is 21.4 Å². The fourth-order valence-electron chi connectivity index (χ4n) is 8.97. The lowest BCUT2D eigenvalue weighted by Crippen LogP contribution is -2.37. The lowest BCUT2D eigenvalue weighted by Gasteiger charge is -2.26. The number of nitrogens with zero attached hydrogens (tertiary/aromatic N) is 5. The first-order chi connectivity index (χ1) is 36.6.